The molecule has 3 aromatic carbocycles. The van der Waals surface area contributed by atoms with E-state index in [4.69, 9.17) is 0 Å². The molecule has 6 heteroatoms. The standard InChI is InChI=1S/C25H21FN2O3/c1-17-6-5-7-19(14-17)24(30)27(16-18-10-12-20(26)13-11-18)22-15-23(29)28(25(22)31)21-8-3-2-4-9-21/h2-14,22H,15-16H2,1H3. The number of aryl methyl sites for hydroxylation is 1. The van der Waals surface area contributed by atoms with Gasteiger partial charge in [-0.1, -0.05) is 48.0 Å². The Labute approximate surface area is 179 Å². The summed E-state index contributed by atoms with van der Waals surface area (Å²) in [6, 6.07) is 20.6. The second-order valence-corrected chi connectivity index (χ2v) is 7.55. The zero-order valence-corrected chi connectivity index (χ0v) is 17.0. The molecule has 3 amide bonds. The van der Waals surface area contributed by atoms with Gasteiger partial charge in [-0.05, 0) is 48.9 Å². The zero-order chi connectivity index (χ0) is 22.0. The van der Waals surface area contributed by atoms with E-state index in [1.54, 1.807) is 60.7 Å². The molecule has 1 saturated heterocycles. The monoisotopic (exact) mass is 416 g/mol. The number of carbonyl (C=O) groups excluding carboxylic acids is 3. The number of hydrogen-bond acceptors (Lipinski definition) is 3. The summed E-state index contributed by atoms with van der Waals surface area (Å²) in [7, 11) is 0. The maximum atomic E-state index is 13.4. The number of rotatable bonds is 5. The first kappa shape index (κ1) is 20.5. The number of para-hydroxylation sites is 1. The lowest BCUT2D eigenvalue weighted by Crippen LogP contribution is -2.45. The highest BCUT2D eigenvalue weighted by molar-refractivity contribution is 6.23. The number of hydrogen-bond donors (Lipinski definition) is 0. The van der Waals surface area contributed by atoms with Gasteiger partial charge < -0.3 is 4.90 Å². The quantitative estimate of drug-likeness (QED) is 0.588. The first-order valence-corrected chi connectivity index (χ1v) is 9.98. The molecule has 31 heavy (non-hydrogen) atoms. The summed E-state index contributed by atoms with van der Waals surface area (Å²) >= 11 is 0. The molecule has 1 unspecified atom stereocenters. The van der Waals surface area contributed by atoms with E-state index in [0.29, 0.717) is 16.8 Å². The van der Waals surface area contributed by atoms with Gasteiger partial charge in [-0.3, -0.25) is 14.4 Å². The number of halogens is 1. The average Bonchev–Trinajstić information content (AvgIpc) is 3.07. The van der Waals surface area contributed by atoms with Gasteiger partial charge in [0.2, 0.25) is 5.91 Å². The third kappa shape index (κ3) is 4.23. The molecule has 0 aromatic heterocycles. The summed E-state index contributed by atoms with van der Waals surface area (Å²) in [6.07, 6.45) is -0.105. The number of imide groups is 1. The number of nitrogens with zero attached hydrogens (tertiary/aromatic N) is 2. The second kappa shape index (κ2) is 8.52. The maximum absolute atomic E-state index is 13.4. The summed E-state index contributed by atoms with van der Waals surface area (Å²) in [5.74, 6) is -1.54. The molecule has 1 heterocycles. The van der Waals surface area contributed by atoms with Crippen molar-refractivity contribution in [2.75, 3.05) is 4.90 Å². The van der Waals surface area contributed by atoms with Crippen molar-refractivity contribution in [1.29, 1.82) is 0 Å². The van der Waals surface area contributed by atoms with Crippen LogP contribution < -0.4 is 4.90 Å². The van der Waals surface area contributed by atoms with E-state index in [1.807, 2.05) is 13.0 Å². The van der Waals surface area contributed by atoms with Gasteiger partial charge in [0.25, 0.3) is 11.8 Å². The number of benzene rings is 3. The first-order valence-electron chi connectivity index (χ1n) is 9.98. The molecular weight excluding hydrogens is 395 g/mol. The van der Waals surface area contributed by atoms with Gasteiger partial charge in [0.1, 0.15) is 11.9 Å². The van der Waals surface area contributed by atoms with Crippen molar-refractivity contribution < 1.29 is 18.8 Å². The van der Waals surface area contributed by atoms with Gasteiger partial charge >= 0.3 is 0 Å². The lowest BCUT2D eigenvalue weighted by Gasteiger charge is -2.28. The topological polar surface area (TPSA) is 57.7 Å². The Kier molecular flexibility index (Phi) is 5.62. The largest absolute Gasteiger partial charge is 0.322 e. The molecule has 4 rings (SSSR count). The molecule has 156 valence electrons. The van der Waals surface area contributed by atoms with Crippen LogP contribution >= 0.6 is 0 Å². The smallest absolute Gasteiger partial charge is 0.257 e. The minimum atomic E-state index is -0.939. The fourth-order valence-corrected chi connectivity index (χ4v) is 3.76. The van der Waals surface area contributed by atoms with Crippen LogP contribution in [0.15, 0.2) is 78.9 Å². The summed E-state index contributed by atoms with van der Waals surface area (Å²) in [4.78, 5) is 41.9. The van der Waals surface area contributed by atoms with E-state index in [2.05, 4.69) is 0 Å². The Morgan fingerprint density at radius 1 is 1.00 bits per heavy atom. The Morgan fingerprint density at radius 3 is 2.39 bits per heavy atom. The van der Waals surface area contributed by atoms with Crippen LogP contribution in [0.5, 0.6) is 0 Å². The van der Waals surface area contributed by atoms with Crippen molar-refractivity contribution in [2.45, 2.75) is 25.9 Å². The van der Waals surface area contributed by atoms with Crippen molar-refractivity contribution in [3.63, 3.8) is 0 Å². The summed E-state index contributed by atoms with van der Waals surface area (Å²) < 4.78 is 13.4. The van der Waals surface area contributed by atoms with Gasteiger partial charge in [0.05, 0.1) is 12.1 Å². The van der Waals surface area contributed by atoms with Crippen LogP contribution in [-0.4, -0.2) is 28.7 Å². The van der Waals surface area contributed by atoms with Crippen LogP contribution in [0.2, 0.25) is 0 Å². The number of carbonyl (C=O) groups is 3. The van der Waals surface area contributed by atoms with Crippen molar-refractivity contribution in [3.8, 4) is 0 Å². The molecule has 1 fully saturated rings. The van der Waals surface area contributed by atoms with Crippen LogP contribution in [0.4, 0.5) is 10.1 Å². The molecule has 1 aliphatic rings. The molecule has 1 atom stereocenters. The van der Waals surface area contributed by atoms with Crippen molar-refractivity contribution in [1.82, 2.24) is 4.90 Å². The molecule has 1 aliphatic heterocycles. The molecule has 0 spiro atoms. The van der Waals surface area contributed by atoms with Crippen molar-refractivity contribution in [3.05, 3.63) is 101 Å². The molecule has 0 radical (unpaired) electrons. The van der Waals surface area contributed by atoms with Crippen LogP contribution in [0.1, 0.15) is 27.9 Å². The molecule has 3 aromatic rings. The fourth-order valence-electron chi connectivity index (χ4n) is 3.76. The third-order valence-electron chi connectivity index (χ3n) is 5.31. The highest BCUT2D eigenvalue weighted by Crippen LogP contribution is 2.28. The van der Waals surface area contributed by atoms with E-state index in [-0.39, 0.29) is 30.6 Å². The molecule has 0 bridgehead atoms. The van der Waals surface area contributed by atoms with Gasteiger partial charge in [-0.2, -0.15) is 0 Å². The summed E-state index contributed by atoms with van der Waals surface area (Å²) in [6.45, 7) is 1.96. The summed E-state index contributed by atoms with van der Waals surface area (Å²) in [5, 5.41) is 0. The van der Waals surface area contributed by atoms with Crippen LogP contribution in [-0.2, 0) is 16.1 Å². The first-order chi connectivity index (χ1) is 14.9. The highest BCUT2D eigenvalue weighted by atomic mass is 19.1. The summed E-state index contributed by atoms with van der Waals surface area (Å²) in [5.41, 5.74) is 2.48. The van der Waals surface area contributed by atoms with Gasteiger partial charge in [0, 0.05) is 12.1 Å². The SMILES string of the molecule is Cc1cccc(C(=O)N(Cc2ccc(F)cc2)C2CC(=O)N(c3ccccc3)C2=O)c1. The van der Waals surface area contributed by atoms with Crippen LogP contribution in [0.3, 0.4) is 0 Å². The minimum absolute atomic E-state index is 0.0827. The Bertz CT molecular complexity index is 1130. The van der Waals surface area contributed by atoms with E-state index in [1.165, 1.54) is 17.0 Å². The van der Waals surface area contributed by atoms with Gasteiger partial charge in [0.15, 0.2) is 0 Å². The van der Waals surface area contributed by atoms with Crippen LogP contribution in [0.25, 0.3) is 0 Å². The normalized spacial score (nSPS) is 15.9. The molecule has 0 aliphatic carbocycles. The Morgan fingerprint density at radius 2 is 1.71 bits per heavy atom. The predicted molar refractivity (Wildman–Crippen MR) is 115 cm³/mol. The second-order valence-electron chi connectivity index (χ2n) is 7.55. The van der Waals surface area contributed by atoms with Gasteiger partial charge in [-0.25, -0.2) is 9.29 Å². The van der Waals surface area contributed by atoms with E-state index < -0.39 is 11.9 Å². The maximum Gasteiger partial charge on any atom is 0.257 e. The lowest BCUT2D eigenvalue weighted by atomic mass is 10.1. The molecule has 0 saturated carbocycles. The highest BCUT2D eigenvalue weighted by Gasteiger charge is 2.44. The van der Waals surface area contributed by atoms with Gasteiger partial charge in [-0.15, -0.1) is 0 Å². The molecule has 5 nitrogen and oxygen atoms in total. The zero-order valence-electron chi connectivity index (χ0n) is 17.0. The van der Waals surface area contributed by atoms with Crippen molar-refractivity contribution in [2.24, 2.45) is 0 Å². The molecular formula is C25H21FN2O3. The lowest BCUT2D eigenvalue weighted by molar-refractivity contribution is -0.122. The number of amides is 3. The van der Waals surface area contributed by atoms with E-state index >= 15 is 0 Å². The van der Waals surface area contributed by atoms with Crippen LogP contribution in [0, 0.1) is 12.7 Å². The minimum Gasteiger partial charge on any atom is -0.322 e. The predicted octanol–water partition coefficient (Wildman–Crippen LogP) is 4.11. The third-order valence-corrected chi connectivity index (χ3v) is 5.31. The Balaban J connectivity index is 1.70. The average molecular weight is 416 g/mol. The molecule has 0 N–H and O–H groups in total. The van der Waals surface area contributed by atoms with Crippen molar-refractivity contribution >= 4 is 23.4 Å². The van der Waals surface area contributed by atoms with E-state index in [9.17, 15) is 18.8 Å². The van der Waals surface area contributed by atoms with E-state index in [0.717, 1.165) is 10.5 Å². The number of anilines is 1. The fraction of sp³-hybridized carbons (Fsp3) is 0.160. The Hall–Kier alpha value is -3.80.